The molecule has 1 atom stereocenters. The molecule has 0 radical (unpaired) electrons. The van der Waals surface area contributed by atoms with Gasteiger partial charge in [-0.05, 0) is 61.3 Å². The molecule has 1 unspecified atom stereocenters. The SMILES string of the molecule is CCN(CC)C(c1ccc(S(C)(=O)=O)cc1)c1cnc(NC(=O)C2(c3ccc4c(c3)OCO4)CC2)s1. The average molecular weight is 528 g/mol. The van der Waals surface area contributed by atoms with E-state index in [4.69, 9.17) is 9.47 Å². The van der Waals surface area contributed by atoms with E-state index in [0.717, 1.165) is 41.9 Å². The number of benzene rings is 2. The molecule has 0 spiro atoms. The Balaban J connectivity index is 1.38. The molecule has 8 nitrogen and oxygen atoms in total. The van der Waals surface area contributed by atoms with Gasteiger partial charge in [0.15, 0.2) is 26.5 Å². The van der Waals surface area contributed by atoms with E-state index < -0.39 is 15.3 Å². The third-order valence-corrected chi connectivity index (χ3v) is 9.02. The van der Waals surface area contributed by atoms with E-state index in [0.29, 0.717) is 21.5 Å². The first-order valence-corrected chi connectivity index (χ1v) is 14.7. The molecule has 190 valence electrons. The maximum absolute atomic E-state index is 13.3. The van der Waals surface area contributed by atoms with Gasteiger partial charge >= 0.3 is 0 Å². The zero-order valence-corrected chi connectivity index (χ0v) is 22.1. The molecular formula is C26H29N3O5S2. The molecule has 1 aliphatic heterocycles. The molecule has 5 rings (SSSR count). The van der Waals surface area contributed by atoms with Crippen molar-refractivity contribution in [1.82, 2.24) is 9.88 Å². The summed E-state index contributed by atoms with van der Waals surface area (Å²) in [4.78, 5) is 21.4. The van der Waals surface area contributed by atoms with Gasteiger partial charge < -0.3 is 14.8 Å². The topological polar surface area (TPSA) is 97.8 Å². The Labute approximate surface area is 215 Å². The van der Waals surface area contributed by atoms with Crippen molar-refractivity contribution in [3.8, 4) is 11.5 Å². The minimum absolute atomic E-state index is 0.0702. The van der Waals surface area contributed by atoms with Gasteiger partial charge in [0.2, 0.25) is 12.7 Å². The molecule has 1 fully saturated rings. The molecule has 10 heteroatoms. The number of thiazole rings is 1. The Morgan fingerprint density at radius 2 is 1.81 bits per heavy atom. The highest BCUT2D eigenvalue weighted by Crippen LogP contribution is 2.51. The number of carbonyl (C=O) groups is 1. The molecule has 1 aliphatic carbocycles. The zero-order chi connectivity index (χ0) is 25.5. The highest BCUT2D eigenvalue weighted by atomic mass is 32.2. The third-order valence-electron chi connectivity index (χ3n) is 6.92. The van der Waals surface area contributed by atoms with Crippen LogP contribution in [0.25, 0.3) is 0 Å². The summed E-state index contributed by atoms with van der Waals surface area (Å²) in [6, 6.07) is 12.6. The predicted octanol–water partition coefficient (Wildman–Crippen LogP) is 4.38. The van der Waals surface area contributed by atoms with Crippen LogP contribution in [0, 0.1) is 0 Å². The maximum atomic E-state index is 13.3. The molecule has 2 aliphatic rings. The Hall–Kier alpha value is -2.95. The number of rotatable bonds is 9. The quantitative estimate of drug-likeness (QED) is 0.441. The van der Waals surface area contributed by atoms with Crippen LogP contribution < -0.4 is 14.8 Å². The number of fused-ring (bicyclic) bond motifs is 1. The van der Waals surface area contributed by atoms with Crippen LogP contribution in [0.1, 0.15) is 48.7 Å². The van der Waals surface area contributed by atoms with Crippen LogP contribution >= 0.6 is 11.3 Å². The van der Waals surface area contributed by atoms with Crippen molar-refractivity contribution >= 4 is 32.2 Å². The summed E-state index contributed by atoms with van der Waals surface area (Å²) in [6.45, 7) is 5.99. The molecule has 3 aromatic rings. The largest absolute Gasteiger partial charge is 0.454 e. The Morgan fingerprint density at radius 1 is 1.11 bits per heavy atom. The highest BCUT2D eigenvalue weighted by molar-refractivity contribution is 7.90. The second-order valence-corrected chi connectivity index (χ2v) is 12.2. The Bertz CT molecular complexity index is 1380. The fraction of sp³-hybridized carbons (Fsp3) is 0.385. The van der Waals surface area contributed by atoms with Gasteiger partial charge in [-0.2, -0.15) is 0 Å². The van der Waals surface area contributed by atoms with E-state index in [1.54, 1.807) is 18.3 Å². The number of hydrogen-bond donors (Lipinski definition) is 1. The standard InChI is InChI=1S/C26H29N3O5S2/c1-4-29(5-2)23(17-6-9-19(10-7-17)36(3,31)32)22-15-27-25(35-22)28-24(30)26(12-13-26)18-8-11-20-21(14-18)34-16-33-20/h6-11,14-15,23H,4-5,12-13,16H2,1-3H3,(H,27,28,30). The molecule has 0 saturated heterocycles. The number of amides is 1. The number of nitrogens with one attached hydrogen (secondary N) is 1. The van der Waals surface area contributed by atoms with Gasteiger partial charge in [0.1, 0.15) is 0 Å². The number of nitrogens with zero attached hydrogens (tertiary/aromatic N) is 2. The number of sulfone groups is 1. The molecule has 0 bridgehead atoms. The molecule has 1 saturated carbocycles. The lowest BCUT2D eigenvalue weighted by Gasteiger charge is -2.29. The summed E-state index contributed by atoms with van der Waals surface area (Å²) in [7, 11) is -3.27. The van der Waals surface area contributed by atoms with Crippen molar-refractivity contribution in [1.29, 1.82) is 0 Å². The van der Waals surface area contributed by atoms with Gasteiger partial charge in [-0.25, -0.2) is 13.4 Å². The monoisotopic (exact) mass is 527 g/mol. The number of hydrogen-bond acceptors (Lipinski definition) is 8. The van der Waals surface area contributed by atoms with Gasteiger partial charge in [-0.15, -0.1) is 0 Å². The fourth-order valence-corrected chi connectivity index (χ4v) is 6.30. The van der Waals surface area contributed by atoms with Crippen LogP contribution in [0.3, 0.4) is 0 Å². The summed E-state index contributed by atoms with van der Waals surface area (Å²) >= 11 is 1.44. The van der Waals surface area contributed by atoms with Crippen molar-refractivity contribution in [3.63, 3.8) is 0 Å². The third kappa shape index (κ3) is 4.60. The molecule has 2 aromatic carbocycles. The normalized spacial score (nSPS) is 16.7. The maximum Gasteiger partial charge on any atom is 0.236 e. The minimum Gasteiger partial charge on any atom is -0.454 e. The summed E-state index contributed by atoms with van der Waals surface area (Å²) in [6.07, 6.45) is 4.54. The molecule has 1 N–H and O–H groups in total. The van der Waals surface area contributed by atoms with Crippen LogP contribution in [0.15, 0.2) is 53.6 Å². The Morgan fingerprint density at radius 3 is 2.44 bits per heavy atom. The number of anilines is 1. The summed E-state index contributed by atoms with van der Waals surface area (Å²) in [5.74, 6) is 1.30. The number of ether oxygens (including phenoxy) is 2. The lowest BCUT2D eigenvalue weighted by molar-refractivity contribution is -0.118. The van der Waals surface area contributed by atoms with E-state index in [9.17, 15) is 13.2 Å². The van der Waals surface area contributed by atoms with E-state index in [1.807, 2.05) is 30.3 Å². The first kappa shape index (κ1) is 24.7. The van der Waals surface area contributed by atoms with Crippen molar-refractivity contribution < 1.29 is 22.7 Å². The second-order valence-electron chi connectivity index (χ2n) is 9.14. The molecule has 1 amide bonds. The second kappa shape index (κ2) is 9.49. The van der Waals surface area contributed by atoms with E-state index in [2.05, 4.69) is 29.0 Å². The summed E-state index contributed by atoms with van der Waals surface area (Å²) in [5.41, 5.74) is 1.33. The van der Waals surface area contributed by atoms with Crippen molar-refractivity contribution in [2.45, 2.75) is 43.0 Å². The van der Waals surface area contributed by atoms with Crippen LogP contribution in [0.5, 0.6) is 11.5 Å². The average Bonchev–Trinajstić information content (AvgIpc) is 3.33. The van der Waals surface area contributed by atoms with Gasteiger partial charge in [0, 0.05) is 17.3 Å². The lowest BCUT2D eigenvalue weighted by atomic mass is 9.94. The first-order valence-electron chi connectivity index (χ1n) is 12.0. The van der Waals surface area contributed by atoms with Gasteiger partial charge in [-0.3, -0.25) is 9.69 Å². The van der Waals surface area contributed by atoms with Crippen molar-refractivity contribution in [2.24, 2.45) is 0 Å². The summed E-state index contributed by atoms with van der Waals surface area (Å²) < 4.78 is 34.7. The van der Waals surface area contributed by atoms with Crippen LogP contribution in [-0.4, -0.2) is 50.3 Å². The summed E-state index contributed by atoms with van der Waals surface area (Å²) in [5, 5.41) is 3.59. The van der Waals surface area contributed by atoms with E-state index >= 15 is 0 Å². The van der Waals surface area contributed by atoms with Gasteiger partial charge in [0.25, 0.3) is 0 Å². The highest BCUT2D eigenvalue weighted by Gasteiger charge is 2.52. The van der Waals surface area contributed by atoms with Crippen LogP contribution in [0.4, 0.5) is 5.13 Å². The van der Waals surface area contributed by atoms with Gasteiger partial charge in [0.05, 0.1) is 16.4 Å². The molecule has 2 heterocycles. The fourth-order valence-electron chi connectivity index (χ4n) is 4.69. The number of aromatic nitrogens is 1. The van der Waals surface area contributed by atoms with Gasteiger partial charge in [-0.1, -0.05) is 43.4 Å². The molecular weight excluding hydrogens is 498 g/mol. The zero-order valence-electron chi connectivity index (χ0n) is 20.5. The minimum atomic E-state index is -3.27. The lowest BCUT2D eigenvalue weighted by Crippen LogP contribution is -2.28. The van der Waals surface area contributed by atoms with Crippen molar-refractivity contribution in [2.75, 3.05) is 31.5 Å². The van der Waals surface area contributed by atoms with Crippen molar-refractivity contribution in [3.05, 3.63) is 64.7 Å². The number of carbonyl (C=O) groups excluding carboxylic acids is 1. The molecule has 36 heavy (non-hydrogen) atoms. The Kier molecular flexibility index (Phi) is 6.52. The van der Waals surface area contributed by atoms with Crippen LogP contribution in [-0.2, 0) is 20.0 Å². The van der Waals surface area contributed by atoms with E-state index in [1.165, 1.54) is 17.6 Å². The molecule has 1 aromatic heterocycles. The van der Waals surface area contributed by atoms with E-state index in [-0.39, 0.29) is 18.7 Å². The van der Waals surface area contributed by atoms with Crippen LogP contribution in [0.2, 0.25) is 0 Å². The first-order chi connectivity index (χ1) is 17.2. The predicted molar refractivity (Wildman–Crippen MR) is 139 cm³/mol. The smallest absolute Gasteiger partial charge is 0.236 e.